The molecule has 6 amide bonds. The van der Waals surface area contributed by atoms with E-state index in [2.05, 4.69) is 0 Å². The van der Waals surface area contributed by atoms with Gasteiger partial charge < -0.3 is 0 Å². The zero-order valence-electron chi connectivity index (χ0n) is 22.5. The van der Waals surface area contributed by atoms with Crippen LogP contribution in [0.3, 0.4) is 0 Å². The molecule has 16 heteroatoms. The van der Waals surface area contributed by atoms with E-state index >= 15 is 0 Å². The summed E-state index contributed by atoms with van der Waals surface area (Å²) in [6, 6.07) is 9.37. The summed E-state index contributed by atoms with van der Waals surface area (Å²) < 4.78 is 89.0. The quantitative estimate of drug-likeness (QED) is 0.160. The number of nitrogens with zero attached hydrogens (tertiary/aromatic N) is 3. The summed E-state index contributed by atoms with van der Waals surface area (Å²) in [5, 5.41) is 0. The fourth-order valence-electron chi connectivity index (χ4n) is 4.31. The third-order valence-corrected chi connectivity index (χ3v) is 6.72. The van der Waals surface area contributed by atoms with Crippen molar-refractivity contribution < 1.29 is 59.5 Å². The van der Waals surface area contributed by atoms with Crippen LogP contribution in [0.5, 0.6) is 0 Å². The van der Waals surface area contributed by atoms with E-state index in [0.717, 1.165) is 29.0 Å². The van der Waals surface area contributed by atoms with E-state index in [1.54, 1.807) is 24.3 Å². The highest BCUT2D eigenvalue weighted by molar-refractivity contribution is 6.22. The number of fused-ring (bicyclic) bond motifs is 3. The van der Waals surface area contributed by atoms with Gasteiger partial charge in [0.25, 0.3) is 35.4 Å². The van der Waals surface area contributed by atoms with E-state index in [-0.39, 0.29) is 22.9 Å². The third kappa shape index (κ3) is 4.97. The normalized spacial score (nSPS) is 15.2. The standard InChI is InChI=1S/C10H6F3NO2.C9H3F4NO2.C9H7NO2/c1-14-8(15)6-3-2-5(10(11,12)13)4-7(6)9(14)16;1-14-8(15)2-3(9(14)16)5(11)7(13)6(12)4(2)10;1-10-8(11)6-4-2-3-5-7(6)9(10)12/h2-4H,1H3;1H3;2-5H,1H3. The molecule has 0 aromatic heterocycles. The lowest BCUT2D eigenvalue weighted by Gasteiger charge is -2.06. The van der Waals surface area contributed by atoms with Crippen LogP contribution in [-0.4, -0.2) is 71.3 Å². The van der Waals surface area contributed by atoms with Crippen LogP contribution in [0.25, 0.3) is 0 Å². The number of carbonyl (C=O) groups excluding carboxylic acids is 6. The highest BCUT2D eigenvalue weighted by atomic mass is 19.4. The number of rotatable bonds is 0. The molecular formula is C28H16F7N3O6. The van der Waals surface area contributed by atoms with Gasteiger partial charge in [-0.2, -0.15) is 13.2 Å². The molecule has 3 aromatic rings. The summed E-state index contributed by atoms with van der Waals surface area (Å²) in [6.45, 7) is 0. The average molecular weight is 623 g/mol. The first-order valence-corrected chi connectivity index (χ1v) is 12.0. The Balaban J connectivity index is 0.000000152. The van der Waals surface area contributed by atoms with Crippen LogP contribution in [0.15, 0.2) is 42.5 Å². The second-order valence-corrected chi connectivity index (χ2v) is 9.32. The molecule has 3 aliphatic heterocycles. The van der Waals surface area contributed by atoms with E-state index in [0.29, 0.717) is 22.1 Å². The van der Waals surface area contributed by atoms with Gasteiger partial charge in [-0.15, -0.1) is 0 Å². The molecule has 228 valence electrons. The number of imide groups is 3. The van der Waals surface area contributed by atoms with Crippen molar-refractivity contribution >= 4 is 35.4 Å². The number of halogens is 7. The highest BCUT2D eigenvalue weighted by Crippen LogP contribution is 2.33. The first kappa shape index (κ1) is 31.5. The van der Waals surface area contributed by atoms with Gasteiger partial charge in [-0.3, -0.25) is 43.5 Å². The fraction of sp³-hybridized carbons (Fsp3) is 0.143. The van der Waals surface area contributed by atoms with E-state index < -0.39 is 69.8 Å². The summed E-state index contributed by atoms with van der Waals surface area (Å²) >= 11 is 0. The minimum atomic E-state index is -4.51. The number of hydrogen-bond acceptors (Lipinski definition) is 6. The zero-order valence-corrected chi connectivity index (χ0v) is 22.5. The number of benzene rings is 3. The van der Waals surface area contributed by atoms with Gasteiger partial charge in [-0.1, -0.05) is 12.1 Å². The molecule has 6 rings (SSSR count). The Morgan fingerprint density at radius 2 is 0.818 bits per heavy atom. The molecule has 0 unspecified atom stereocenters. The van der Waals surface area contributed by atoms with Crippen LogP contribution in [0.4, 0.5) is 30.7 Å². The Kier molecular flexibility index (Phi) is 7.89. The molecule has 9 nitrogen and oxygen atoms in total. The molecule has 0 spiro atoms. The van der Waals surface area contributed by atoms with E-state index in [9.17, 15) is 59.5 Å². The number of amides is 6. The smallest absolute Gasteiger partial charge is 0.277 e. The first-order chi connectivity index (χ1) is 20.4. The van der Waals surface area contributed by atoms with E-state index in [4.69, 9.17) is 0 Å². The Morgan fingerprint density at radius 3 is 1.20 bits per heavy atom. The molecule has 0 N–H and O–H groups in total. The minimum Gasteiger partial charge on any atom is -0.277 e. The maximum Gasteiger partial charge on any atom is 0.416 e. The van der Waals surface area contributed by atoms with Gasteiger partial charge >= 0.3 is 6.18 Å². The second kappa shape index (κ2) is 11.0. The molecular weight excluding hydrogens is 607 g/mol. The molecule has 0 fully saturated rings. The van der Waals surface area contributed by atoms with Gasteiger partial charge in [0, 0.05) is 21.1 Å². The van der Waals surface area contributed by atoms with Crippen molar-refractivity contribution in [3.8, 4) is 0 Å². The Labute approximate surface area is 242 Å². The topological polar surface area (TPSA) is 112 Å². The minimum absolute atomic E-state index is 0.0144. The van der Waals surface area contributed by atoms with Crippen molar-refractivity contribution in [2.75, 3.05) is 21.1 Å². The van der Waals surface area contributed by atoms with Gasteiger partial charge in [0.2, 0.25) is 0 Å². The van der Waals surface area contributed by atoms with Crippen molar-refractivity contribution in [1.29, 1.82) is 0 Å². The van der Waals surface area contributed by atoms with Crippen LogP contribution >= 0.6 is 0 Å². The maximum absolute atomic E-state index is 13.2. The lowest BCUT2D eigenvalue weighted by atomic mass is 10.1. The van der Waals surface area contributed by atoms with Crippen LogP contribution < -0.4 is 0 Å². The second-order valence-electron chi connectivity index (χ2n) is 9.32. The van der Waals surface area contributed by atoms with Crippen molar-refractivity contribution in [1.82, 2.24) is 14.7 Å². The highest BCUT2D eigenvalue weighted by Gasteiger charge is 2.42. The molecule has 0 bridgehead atoms. The molecule has 3 aromatic carbocycles. The van der Waals surface area contributed by atoms with Gasteiger partial charge in [0.1, 0.15) is 0 Å². The largest absolute Gasteiger partial charge is 0.416 e. The van der Waals surface area contributed by atoms with Crippen molar-refractivity contribution in [3.63, 3.8) is 0 Å². The molecule has 0 aliphatic carbocycles. The van der Waals surface area contributed by atoms with E-state index in [1.165, 1.54) is 14.1 Å². The molecule has 3 aliphatic rings. The van der Waals surface area contributed by atoms with Crippen LogP contribution in [0.2, 0.25) is 0 Å². The van der Waals surface area contributed by atoms with E-state index in [1.807, 2.05) is 0 Å². The van der Waals surface area contributed by atoms with Crippen molar-refractivity contribution in [2.24, 2.45) is 0 Å². The summed E-state index contributed by atoms with van der Waals surface area (Å²) in [6.07, 6.45) is -4.51. The monoisotopic (exact) mass is 623 g/mol. The van der Waals surface area contributed by atoms with Crippen molar-refractivity contribution in [2.45, 2.75) is 6.18 Å². The summed E-state index contributed by atoms with van der Waals surface area (Å²) in [5.41, 5.74) is -2.23. The van der Waals surface area contributed by atoms with Crippen LogP contribution in [-0.2, 0) is 6.18 Å². The van der Waals surface area contributed by atoms with Gasteiger partial charge in [0.05, 0.1) is 38.9 Å². The van der Waals surface area contributed by atoms with Crippen molar-refractivity contribution in [3.05, 3.63) is 105 Å². The van der Waals surface area contributed by atoms with Gasteiger partial charge in [0.15, 0.2) is 23.3 Å². The zero-order chi connectivity index (χ0) is 33.0. The summed E-state index contributed by atoms with van der Waals surface area (Å²) in [4.78, 5) is 70.3. The molecule has 44 heavy (non-hydrogen) atoms. The Hall–Kier alpha value is -5.41. The number of alkyl halides is 3. The third-order valence-electron chi connectivity index (χ3n) is 6.72. The number of carbonyl (C=O) groups is 6. The van der Waals surface area contributed by atoms with Gasteiger partial charge in [-0.05, 0) is 30.3 Å². The first-order valence-electron chi connectivity index (χ1n) is 12.0. The SMILES string of the molecule is CN1C(=O)c2c(F)c(F)c(F)c(F)c2C1=O.CN1C(=O)c2ccc(C(F)(F)F)cc2C1=O.CN1C(=O)c2ccccc2C1=O. The predicted octanol–water partition coefficient (Wildman–Crippen LogP) is 4.31. The fourth-order valence-corrected chi connectivity index (χ4v) is 4.31. The predicted molar refractivity (Wildman–Crippen MR) is 133 cm³/mol. The lowest BCUT2D eigenvalue weighted by Crippen LogP contribution is -2.24. The van der Waals surface area contributed by atoms with Crippen LogP contribution in [0.1, 0.15) is 67.7 Å². The molecule has 0 saturated carbocycles. The lowest BCUT2D eigenvalue weighted by molar-refractivity contribution is -0.137. The van der Waals surface area contributed by atoms with Gasteiger partial charge in [-0.25, -0.2) is 17.6 Å². The molecule has 0 saturated heterocycles. The Morgan fingerprint density at radius 1 is 0.477 bits per heavy atom. The Bertz CT molecular complexity index is 1740. The molecule has 0 radical (unpaired) electrons. The van der Waals surface area contributed by atoms with Crippen LogP contribution in [0, 0.1) is 23.3 Å². The maximum atomic E-state index is 13.2. The summed E-state index contributed by atoms with van der Waals surface area (Å²) in [7, 11) is 3.68. The molecule has 0 atom stereocenters. The molecule has 3 heterocycles. The summed E-state index contributed by atoms with van der Waals surface area (Å²) in [5.74, 6) is -12.0. The number of hydrogen-bond donors (Lipinski definition) is 0. The average Bonchev–Trinajstić information content (AvgIpc) is 3.46.